The van der Waals surface area contributed by atoms with Crippen molar-refractivity contribution in [2.75, 3.05) is 19.0 Å². The Morgan fingerprint density at radius 2 is 1.90 bits per heavy atom. The van der Waals surface area contributed by atoms with Crippen LogP contribution in [0.1, 0.15) is 11.8 Å². The van der Waals surface area contributed by atoms with Gasteiger partial charge in [-0.25, -0.2) is 9.67 Å². The number of hydrogen-bond donors (Lipinski definition) is 4. The molecule has 1 aliphatic heterocycles. The fourth-order valence-electron chi connectivity index (χ4n) is 4.62. The minimum atomic E-state index is -1.29. The first-order chi connectivity index (χ1) is 19.4. The van der Waals surface area contributed by atoms with Crippen LogP contribution in [0.2, 0.25) is 0 Å². The number of ether oxygens (including phenoxy) is 2. The molecule has 6 rings (SSSR count). The minimum Gasteiger partial charge on any atom is -0.497 e. The van der Waals surface area contributed by atoms with E-state index in [1.807, 2.05) is 48.7 Å². The van der Waals surface area contributed by atoms with Crippen molar-refractivity contribution in [2.24, 2.45) is 0 Å². The lowest BCUT2D eigenvalue weighted by Gasteiger charge is -2.17. The number of methoxy groups -OCH3 is 1. The van der Waals surface area contributed by atoms with Crippen molar-refractivity contribution in [1.82, 2.24) is 29.3 Å². The van der Waals surface area contributed by atoms with Crippen molar-refractivity contribution in [3.05, 3.63) is 76.4 Å². The molecule has 0 saturated carbocycles. The average Bonchev–Trinajstić information content (AvgIpc) is 3.70. The minimum absolute atomic E-state index is 0.269. The van der Waals surface area contributed by atoms with E-state index in [1.165, 1.54) is 10.9 Å². The zero-order chi connectivity index (χ0) is 27.8. The molecule has 13 heteroatoms. The van der Waals surface area contributed by atoms with E-state index in [-0.39, 0.29) is 5.95 Å². The molecule has 4 N–H and O–H groups in total. The maximum Gasteiger partial charge on any atom is 0.254 e. The van der Waals surface area contributed by atoms with Gasteiger partial charge in [0.2, 0.25) is 0 Å². The monoisotopic (exact) mass is 655 g/mol. The van der Waals surface area contributed by atoms with Gasteiger partial charge in [-0.05, 0) is 58.0 Å². The molecule has 0 amide bonds. The molecule has 4 atom stereocenters. The molecule has 12 nitrogen and oxygen atoms in total. The second-order valence-electron chi connectivity index (χ2n) is 9.31. The molecular formula is C27H26IN7O5. The predicted molar refractivity (Wildman–Crippen MR) is 154 cm³/mol. The van der Waals surface area contributed by atoms with Gasteiger partial charge in [0.25, 0.3) is 5.95 Å². The van der Waals surface area contributed by atoms with Crippen LogP contribution in [0.4, 0.5) is 5.82 Å². The summed E-state index contributed by atoms with van der Waals surface area (Å²) in [6.07, 6.45) is 0.529. The fourth-order valence-corrected chi connectivity index (χ4v) is 5.23. The largest absolute Gasteiger partial charge is 0.497 e. The van der Waals surface area contributed by atoms with Crippen molar-refractivity contribution in [1.29, 1.82) is 0 Å². The molecule has 1 fully saturated rings. The first-order valence-electron chi connectivity index (χ1n) is 12.5. The van der Waals surface area contributed by atoms with Crippen LogP contribution in [0.3, 0.4) is 0 Å². The normalized spacial score (nSPS) is 20.7. The first kappa shape index (κ1) is 26.6. The molecule has 0 bridgehead atoms. The van der Waals surface area contributed by atoms with Gasteiger partial charge in [-0.2, -0.15) is 15.1 Å². The van der Waals surface area contributed by atoms with Crippen LogP contribution in [0.15, 0.2) is 67.3 Å². The van der Waals surface area contributed by atoms with Crippen LogP contribution < -0.4 is 10.1 Å². The van der Waals surface area contributed by atoms with Crippen LogP contribution in [0.5, 0.6) is 5.75 Å². The van der Waals surface area contributed by atoms with Crippen LogP contribution in [-0.2, 0) is 11.3 Å². The molecule has 2 aromatic carbocycles. The van der Waals surface area contributed by atoms with Crippen molar-refractivity contribution in [3.8, 4) is 22.8 Å². The summed E-state index contributed by atoms with van der Waals surface area (Å²) in [5.74, 6) is 1.49. The summed E-state index contributed by atoms with van der Waals surface area (Å²) in [7, 11) is 1.62. The first-order valence-corrected chi connectivity index (χ1v) is 13.6. The lowest BCUT2D eigenvalue weighted by atomic mass is 10.1. The van der Waals surface area contributed by atoms with E-state index < -0.39 is 31.1 Å². The summed E-state index contributed by atoms with van der Waals surface area (Å²) >= 11 is 2.27. The van der Waals surface area contributed by atoms with Crippen LogP contribution in [-0.4, -0.2) is 76.6 Å². The summed E-state index contributed by atoms with van der Waals surface area (Å²) in [5, 5.41) is 38.4. The summed E-state index contributed by atoms with van der Waals surface area (Å²) in [5.41, 5.74) is 3.68. The van der Waals surface area contributed by atoms with E-state index in [2.05, 4.69) is 44.1 Å². The maximum absolute atomic E-state index is 10.7. The van der Waals surface area contributed by atoms with Crippen LogP contribution in [0.25, 0.3) is 28.2 Å². The Morgan fingerprint density at radius 3 is 2.62 bits per heavy atom. The zero-order valence-corrected chi connectivity index (χ0v) is 23.5. The lowest BCUT2D eigenvalue weighted by Crippen LogP contribution is -2.33. The van der Waals surface area contributed by atoms with Gasteiger partial charge in [-0.15, -0.1) is 0 Å². The Hall–Kier alpha value is -3.63. The van der Waals surface area contributed by atoms with E-state index >= 15 is 0 Å². The van der Waals surface area contributed by atoms with Gasteiger partial charge < -0.3 is 30.1 Å². The molecule has 1 saturated heterocycles. The highest BCUT2D eigenvalue weighted by Crippen LogP contribution is 2.33. The van der Waals surface area contributed by atoms with Crippen LogP contribution >= 0.6 is 22.6 Å². The van der Waals surface area contributed by atoms with E-state index in [0.717, 1.165) is 26.0 Å². The van der Waals surface area contributed by atoms with Crippen molar-refractivity contribution in [3.63, 3.8) is 0 Å². The molecule has 40 heavy (non-hydrogen) atoms. The zero-order valence-electron chi connectivity index (χ0n) is 21.3. The Morgan fingerprint density at radius 1 is 1.07 bits per heavy atom. The number of imidazole rings is 1. The number of anilines is 1. The number of aliphatic hydroxyl groups excluding tert-OH is 3. The number of rotatable bonds is 8. The van der Waals surface area contributed by atoms with Crippen molar-refractivity contribution in [2.45, 2.75) is 31.1 Å². The lowest BCUT2D eigenvalue weighted by molar-refractivity contribution is -0.0511. The van der Waals surface area contributed by atoms with Gasteiger partial charge in [-0.1, -0.05) is 24.3 Å². The molecular weight excluding hydrogens is 629 g/mol. The Bertz CT molecular complexity index is 1640. The molecule has 0 unspecified atom stereocenters. The SMILES string of the molecule is COc1ccc(-c2cnn(-c3nc(NCc4cccc(I)c4)c4ncn([C@@H]5O[C@H](CO)[C@@H](O)[C@H]5O)c4n3)c2)cc1. The number of halogens is 1. The van der Waals surface area contributed by atoms with E-state index in [1.54, 1.807) is 18.0 Å². The molecule has 5 aromatic rings. The van der Waals surface area contributed by atoms with Gasteiger partial charge in [0, 0.05) is 21.9 Å². The smallest absolute Gasteiger partial charge is 0.254 e. The molecule has 3 aromatic heterocycles. The number of aromatic nitrogens is 6. The number of hydrogen-bond acceptors (Lipinski definition) is 10. The Balaban J connectivity index is 1.40. The van der Waals surface area contributed by atoms with Gasteiger partial charge in [0.1, 0.15) is 24.1 Å². The standard InChI is InChI=1S/C27H26IN7O5/c1-39-19-7-5-16(6-8-19)17-11-31-35(12-17)27-32-24(29-10-15-3-2-4-18(28)9-15)21-25(33-27)34(14-30-21)26-23(38)22(37)20(13-36)40-26/h2-9,11-12,14,20,22-23,26,36-38H,10,13H2,1H3,(H,29,32,33)/t20-,22-,23-,26-/m1/s1. The van der Waals surface area contributed by atoms with Gasteiger partial charge in [0.15, 0.2) is 23.2 Å². The van der Waals surface area contributed by atoms with E-state index in [9.17, 15) is 15.3 Å². The molecule has 1 aliphatic rings. The van der Waals surface area contributed by atoms with Gasteiger partial charge in [0.05, 0.1) is 26.2 Å². The summed E-state index contributed by atoms with van der Waals surface area (Å²) in [6.45, 7) is 0.0466. The van der Waals surface area contributed by atoms with E-state index in [4.69, 9.17) is 19.4 Å². The number of aliphatic hydroxyl groups is 3. The predicted octanol–water partition coefficient (Wildman–Crippen LogP) is 2.52. The molecule has 0 spiro atoms. The molecule has 0 aliphatic carbocycles. The molecule has 4 heterocycles. The van der Waals surface area contributed by atoms with E-state index in [0.29, 0.717) is 23.5 Å². The third kappa shape index (κ3) is 5.01. The molecule has 206 valence electrons. The summed E-state index contributed by atoms with van der Waals surface area (Å²) < 4.78 is 15.2. The maximum atomic E-state index is 10.7. The Kier molecular flexibility index (Phi) is 7.37. The number of nitrogens with zero attached hydrogens (tertiary/aromatic N) is 6. The topological polar surface area (TPSA) is 153 Å². The van der Waals surface area contributed by atoms with Gasteiger partial charge in [-0.3, -0.25) is 4.57 Å². The third-order valence-corrected chi connectivity index (χ3v) is 7.43. The third-order valence-electron chi connectivity index (χ3n) is 6.76. The quantitative estimate of drug-likeness (QED) is 0.184. The number of nitrogens with one attached hydrogen (secondary N) is 1. The highest BCUT2D eigenvalue weighted by Gasteiger charge is 2.44. The average molecular weight is 655 g/mol. The summed E-state index contributed by atoms with van der Waals surface area (Å²) in [6, 6.07) is 15.7. The van der Waals surface area contributed by atoms with Crippen molar-refractivity contribution >= 4 is 39.6 Å². The summed E-state index contributed by atoms with van der Waals surface area (Å²) in [4.78, 5) is 14.0. The molecule has 0 radical (unpaired) electrons. The van der Waals surface area contributed by atoms with Gasteiger partial charge >= 0.3 is 0 Å². The van der Waals surface area contributed by atoms with Crippen molar-refractivity contribution < 1.29 is 24.8 Å². The number of benzene rings is 2. The fraction of sp³-hybridized carbons (Fsp3) is 0.259. The second-order valence-corrected chi connectivity index (χ2v) is 10.6. The second kappa shape index (κ2) is 11.1. The highest BCUT2D eigenvalue weighted by molar-refractivity contribution is 14.1. The van der Waals surface area contributed by atoms with Crippen LogP contribution in [0, 0.1) is 3.57 Å². The highest BCUT2D eigenvalue weighted by atomic mass is 127. The number of fused-ring (bicyclic) bond motifs is 1. The Labute approximate surface area is 242 Å².